The van der Waals surface area contributed by atoms with Gasteiger partial charge < -0.3 is 0 Å². The Morgan fingerprint density at radius 2 is 2.08 bits per heavy atom. The normalized spacial score (nSPS) is 26.3. The summed E-state index contributed by atoms with van der Waals surface area (Å²) in [6, 6.07) is -0.502. The second-order valence-electron chi connectivity index (χ2n) is 2.53. The Bertz CT molecular complexity index is 341. The van der Waals surface area contributed by atoms with Crippen molar-refractivity contribution in [1.29, 1.82) is 0 Å². The lowest BCUT2D eigenvalue weighted by atomic mass is 10.2. The molecule has 60 valence electrons. The molecule has 0 radical (unpaired) electrons. The fourth-order valence-corrected chi connectivity index (χ4v) is 1.18. The summed E-state index contributed by atoms with van der Waals surface area (Å²) in [5.74, 6) is 0. The summed E-state index contributed by atoms with van der Waals surface area (Å²) in [7, 11) is 0. The molecule has 0 saturated carbocycles. The molecule has 0 spiro atoms. The van der Waals surface area contributed by atoms with Gasteiger partial charge in [-0.1, -0.05) is 18.2 Å². The maximum Gasteiger partial charge on any atom is 0.354 e. The highest BCUT2D eigenvalue weighted by molar-refractivity contribution is 5.23. The Morgan fingerprint density at radius 3 is 2.92 bits per heavy atom. The van der Waals surface area contributed by atoms with Gasteiger partial charge in [0.05, 0.1) is 9.81 Å². The number of hydrogen-bond acceptors (Lipinski definition) is 2. The Labute approximate surface area is 68.1 Å². The van der Waals surface area contributed by atoms with Crippen molar-refractivity contribution in [3.8, 4) is 0 Å². The van der Waals surface area contributed by atoms with Crippen molar-refractivity contribution in [2.75, 3.05) is 0 Å². The molecule has 2 rings (SSSR count). The number of allylic oxidation sites excluding steroid dienone is 4. The lowest BCUT2D eigenvalue weighted by Crippen LogP contribution is -2.25. The zero-order valence-corrected chi connectivity index (χ0v) is 6.18. The van der Waals surface area contributed by atoms with Crippen LogP contribution < -0.4 is 5.53 Å². The maximum atomic E-state index is 11.0. The summed E-state index contributed by atoms with van der Waals surface area (Å²) in [5, 5.41) is 0. The van der Waals surface area contributed by atoms with Crippen LogP contribution in [0.15, 0.2) is 36.1 Å². The number of hydrogen-bond donors (Lipinski definition) is 1. The third-order valence-electron chi connectivity index (χ3n) is 1.76. The molecule has 12 heavy (non-hydrogen) atoms. The monoisotopic (exact) mass is 165 g/mol. The number of hydrazine groups is 2. The highest BCUT2D eigenvalue weighted by Gasteiger charge is 2.51. The van der Waals surface area contributed by atoms with Crippen LogP contribution in [0.5, 0.6) is 0 Å². The first kappa shape index (κ1) is 6.90. The second-order valence-corrected chi connectivity index (χ2v) is 2.53. The molecule has 2 aliphatic rings. The Balaban J connectivity index is 2.47. The molecule has 1 aliphatic heterocycles. The smallest absolute Gasteiger partial charge is 0.0621 e. The van der Waals surface area contributed by atoms with Crippen LogP contribution in [0.3, 0.4) is 0 Å². The van der Waals surface area contributed by atoms with E-state index in [1.54, 1.807) is 30.4 Å². The van der Waals surface area contributed by atoms with E-state index in [1.165, 1.54) is 0 Å². The van der Waals surface area contributed by atoms with Crippen LogP contribution in [0.2, 0.25) is 0 Å². The summed E-state index contributed by atoms with van der Waals surface area (Å²) in [6.45, 7) is 0. The average Bonchev–Trinajstić information content (AvgIpc) is 2.29. The Morgan fingerprint density at radius 1 is 1.25 bits per heavy atom. The highest BCUT2D eigenvalue weighted by atomic mass is 16.4. The topological polar surface area (TPSA) is 52.2 Å². The van der Waals surface area contributed by atoms with Gasteiger partial charge >= 0.3 is 11.7 Å². The van der Waals surface area contributed by atoms with Crippen LogP contribution in [0.4, 0.5) is 0 Å². The fourth-order valence-electron chi connectivity index (χ4n) is 1.18. The third-order valence-corrected chi connectivity index (χ3v) is 1.76. The minimum atomic E-state index is -0.502. The van der Waals surface area contributed by atoms with E-state index in [9.17, 15) is 9.81 Å². The zero-order chi connectivity index (χ0) is 8.55. The molecule has 0 aromatic carbocycles. The van der Waals surface area contributed by atoms with Gasteiger partial charge in [-0.3, -0.25) is 0 Å². The fraction of sp³-hybridized carbons (Fsp3) is 0.143. The van der Waals surface area contributed by atoms with Crippen LogP contribution in [-0.2, 0) is 0 Å². The van der Waals surface area contributed by atoms with Gasteiger partial charge in [0.2, 0.25) is 4.87 Å². The lowest BCUT2D eigenvalue weighted by molar-refractivity contribution is -0.760. The van der Waals surface area contributed by atoms with Gasteiger partial charge in [-0.15, -0.1) is 0 Å². The van der Waals surface area contributed by atoms with E-state index >= 15 is 0 Å². The molecule has 1 N–H and O–H groups in total. The standard InChI is InChI=1S/C7H7N3O2/c11-9-6-4-2-1-3-5-7(6)10(12)8-9/h1-6H,(H,8,11,12)/q+2. The molecule has 1 saturated heterocycles. The predicted octanol–water partition coefficient (Wildman–Crippen LogP) is 0.356. The van der Waals surface area contributed by atoms with E-state index in [0.717, 1.165) is 0 Å². The van der Waals surface area contributed by atoms with E-state index in [4.69, 9.17) is 0 Å². The zero-order valence-electron chi connectivity index (χ0n) is 6.18. The summed E-state index contributed by atoms with van der Waals surface area (Å²) < 4.78 is 0. The average molecular weight is 165 g/mol. The SMILES string of the molecule is O=[N+]1N[N+](=O)C2C=CC=CC=C21. The minimum absolute atomic E-state index is 0.412. The first-order chi connectivity index (χ1) is 5.79. The number of nitroso groups, excluding NO2 is 2. The van der Waals surface area contributed by atoms with Crippen molar-refractivity contribution in [1.82, 2.24) is 5.53 Å². The van der Waals surface area contributed by atoms with Crippen LogP contribution in [0.25, 0.3) is 0 Å². The molecule has 1 heterocycles. The molecule has 0 amide bonds. The molecular formula is C7H7N3O2+2. The number of rotatable bonds is 0. The van der Waals surface area contributed by atoms with Crippen molar-refractivity contribution in [2.24, 2.45) is 0 Å². The first-order valence-corrected chi connectivity index (χ1v) is 3.54. The maximum absolute atomic E-state index is 11.0. The van der Waals surface area contributed by atoms with Crippen molar-refractivity contribution in [3.63, 3.8) is 0 Å². The largest absolute Gasteiger partial charge is 0.354 e. The van der Waals surface area contributed by atoms with Crippen LogP contribution in [-0.4, -0.2) is 15.8 Å². The molecule has 5 nitrogen and oxygen atoms in total. The van der Waals surface area contributed by atoms with E-state index in [0.29, 0.717) is 15.4 Å². The molecule has 0 aromatic heterocycles. The van der Waals surface area contributed by atoms with Crippen molar-refractivity contribution in [2.45, 2.75) is 6.04 Å². The van der Waals surface area contributed by atoms with E-state index < -0.39 is 6.04 Å². The quantitative estimate of drug-likeness (QED) is 0.527. The van der Waals surface area contributed by atoms with E-state index in [2.05, 4.69) is 5.53 Å². The summed E-state index contributed by atoms with van der Waals surface area (Å²) in [5.41, 5.74) is 2.50. The molecule has 0 aromatic rings. The van der Waals surface area contributed by atoms with Crippen molar-refractivity contribution < 1.29 is 9.74 Å². The molecule has 1 aliphatic carbocycles. The number of fused-ring (bicyclic) bond motifs is 1. The summed E-state index contributed by atoms with van der Waals surface area (Å²) >= 11 is 0. The highest BCUT2D eigenvalue weighted by Crippen LogP contribution is 2.15. The van der Waals surface area contributed by atoms with Gasteiger partial charge in [0, 0.05) is 12.2 Å². The third kappa shape index (κ3) is 0.868. The van der Waals surface area contributed by atoms with E-state index in [-0.39, 0.29) is 0 Å². The lowest BCUT2D eigenvalue weighted by Gasteiger charge is -1.79. The van der Waals surface area contributed by atoms with Crippen molar-refractivity contribution >= 4 is 0 Å². The Kier molecular flexibility index (Phi) is 1.36. The molecule has 1 unspecified atom stereocenters. The molecule has 1 atom stereocenters. The minimum Gasteiger partial charge on any atom is -0.0621 e. The predicted molar refractivity (Wildman–Crippen MR) is 40.5 cm³/mol. The van der Waals surface area contributed by atoms with Gasteiger partial charge in [0.25, 0.3) is 0 Å². The molecular weight excluding hydrogens is 158 g/mol. The van der Waals surface area contributed by atoms with E-state index in [1.807, 2.05) is 0 Å². The molecule has 5 heteroatoms. The van der Waals surface area contributed by atoms with Gasteiger partial charge in [0.1, 0.15) is 5.53 Å². The molecule has 1 fully saturated rings. The number of nitrogens with zero attached hydrogens (tertiary/aromatic N) is 2. The summed E-state index contributed by atoms with van der Waals surface area (Å²) in [4.78, 5) is 23.0. The second kappa shape index (κ2) is 2.37. The number of nitrogens with one attached hydrogen (secondary N) is 1. The molecule has 0 bridgehead atoms. The van der Waals surface area contributed by atoms with Gasteiger partial charge in [-0.05, 0) is 0 Å². The first-order valence-electron chi connectivity index (χ1n) is 3.54. The van der Waals surface area contributed by atoms with Crippen LogP contribution in [0, 0.1) is 9.81 Å². The summed E-state index contributed by atoms with van der Waals surface area (Å²) in [6.07, 6.45) is 8.50. The van der Waals surface area contributed by atoms with Crippen LogP contribution >= 0.6 is 0 Å². The Hall–Kier alpha value is -1.78. The van der Waals surface area contributed by atoms with Gasteiger partial charge in [-0.25, -0.2) is 0 Å². The van der Waals surface area contributed by atoms with Gasteiger partial charge in [-0.2, -0.15) is 0 Å². The van der Waals surface area contributed by atoms with Gasteiger partial charge in [0.15, 0.2) is 4.87 Å². The van der Waals surface area contributed by atoms with Crippen molar-refractivity contribution in [3.05, 3.63) is 45.9 Å². The van der Waals surface area contributed by atoms with Crippen LogP contribution in [0.1, 0.15) is 0 Å².